The maximum Gasteiger partial charge on any atom is 0.321 e. The second-order valence-electron chi connectivity index (χ2n) is 7.40. The van der Waals surface area contributed by atoms with Crippen LogP contribution in [0.4, 0.5) is 29.7 Å². The van der Waals surface area contributed by atoms with Gasteiger partial charge in [0, 0.05) is 18.2 Å². The number of carbonyl (C=O) groups excluding carboxylic acids is 1. The number of aromatic amines is 1. The fourth-order valence-corrected chi connectivity index (χ4v) is 3.44. The summed E-state index contributed by atoms with van der Waals surface area (Å²) in [7, 11) is 0. The molecule has 0 spiro atoms. The Hall–Kier alpha value is -5.08. The number of nitrogens with two attached hydrogens (primary N) is 1. The fourth-order valence-electron chi connectivity index (χ4n) is 3.44. The van der Waals surface area contributed by atoms with Gasteiger partial charge in [0.05, 0.1) is 22.9 Å². The van der Waals surface area contributed by atoms with Crippen LogP contribution in [0.5, 0.6) is 0 Å². The molecule has 0 saturated carbocycles. The third-order valence-corrected chi connectivity index (χ3v) is 5.06. The van der Waals surface area contributed by atoms with E-state index in [0.29, 0.717) is 17.6 Å². The third-order valence-electron chi connectivity index (χ3n) is 5.06. The van der Waals surface area contributed by atoms with Crippen molar-refractivity contribution in [3.63, 3.8) is 0 Å². The Morgan fingerprint density at radius 2 is 2.00 bits per heavy atom. The molecule has 0 fully saturated rings. The second-order valence-corrected chi connectivity index (χ2v) is 7.40. The van der Waals surface area contributed by atoms with Gasteiger partial charge in [0.25, 0.3) is 0 Å². The van der Waals surface area contributed by atoms with Crippen molar-refractivity contribution < 1.29 is 18.0 Å². The molecule has 0 bridgehead atoms. The van der Waals surface area contributed by atoms with Crippen LogP contribution in [0.3, 0.4) is 0 Å². The minimum Gasteiger partial charge on any atom is -0.382 e. The van der Waals surface area contributed by atoms with Gasteiger partial charge < -0.3 is 16.0 Å². The first-order valence-electron chi connectivity index (χ1n) is 10.5. The number of urea groups is 1. The fraction of sp³-hybridized carbons (Fsp3) is 0.0952. The molecule has 36 heavy (non-hydrogen) atoms. The van der Waals surface area contributed by atoms with Crippen molar-refractivity contribution in [1.82, 2.24) is 45.5 Å². The summed E-state index contributed by atoms with van der Waals surface area (Å²) >= 11 is 0. The highest BCUT2D eigenvalue weighted by Gasteiger charge is 2.22. The summed E-state index contributed by atoms with van der Waals surface area (Å²) in [5, 5.41) is 16.1. The van der Waals surface area contributed by atoms with Gasteiger partial charge in [-0.25, -0.2) is 32.9 Å². The zero-order valence-corrected chi connectivity index (χ0v) is 18.4. The van der Waals surface area contributed by atoms with Crippen molar-refractivity contribution in [2.45, 2.75) is 6.92 Å². The van der Waals surface area contributed by atoms with Gasteiger partial charge in [0.2, 0.25) is 11.8 Å². The normalized spacial score (nSPS) is 11.1. The Balaban J connectivity index is 1.57. The van der Waals surface area contributed by atoms with E-state index < -0.39 is 23.5 Å². The lowest BCUT2D eigenvalue weighted by molar-refractivity contribution is 0.252. The van der Waals surface area contributed by atoms with Crippen molar-refractivity contribution in [2.75, 3.05) is 17.6 Å². The summed E-state index contributed by atoms with van der Waals surface area (Å²) < 4.78 is 44.1. The molecule has 0 aliphatic heterocycles. The van der Waals surface area contributed by atoms with Crippen molar-refractivity contribution in [3.05, 3.63) is 54.0 Å². The number of benzene rings is 2. The lowest BCUT2D eigenvalue weighted by Gasteiger charge is -2.09. The molecule has 5 N–H and O–H groups in total. The Morgan fingerprint density at radius 3 is 2.81 bits per heavy atom. The van der Waals surface area contributed by atoms with E-state index in [9.17, 15) is 13.6 Å². The molecule has 5 aromatic rings. The maximum absolute atomic E-state index is 15.0. The number of nitrogens with zero attached hydrogens (tertiary/aromatic N) is 7. The van der Waals surface area contributed by atoms with E-state index in [4.69, 9.17) is 5.73 Å². The highest BCUT2D eigenvalue weighted by molar-refractivity contribution is 5.90. The van der Waals surface area contributed by atoms with Crippen molar-refractivity contribution >= 4 is 28.8 Å². The molecule has 3 aromatic heterocycles. The van der Waals surface area contributed by atoms with E-state index in [2.05, 4.69) is 46.1 Å². The predicted octanol–water partition coefficient (Wildman–Crippen LogP) is 2.80. The number of nitrogens with one attached hydrogen (secondary N) is 3. The summed E-state index contributed by atoms with van der Waals surface area (Å²) in [6.45, 7) is 2.17. The van der Waals surface area contributed by atoms with Gasteiger partial charge in [-0.2, -0.15) is 4.68 Å². The molecule has 15 heteroatoms. The molecule has 3 heterocycles. The van der Waals surface area contributed by atoms with Crippen molar-refractivity contribution in [1.29, 1.82) is 0 Å². The van der Waals surface area contributed by atoms with E-state index in [-0.39, 0.29) is 40.2 Å². The van der Waals surface area contributed by atoms with Crippen LogP contribution in [-0.2, 0) is 0 Å². The molecule has 5 rings (SSSR count). The summed E-state index contributed by atoms with van der Waals surface area (Å²) in [6, 6.07) is 5.62. The quantitative estimate of drug-likeness (QED) is 0.289. The molecule has 2 amide bonds. The number of tetrazole rings is 1. The van der Waals surface area contributed by atoms with Gasteiger partial charge in [0.15, 0.2) is 23.1 Å². The van der Waals surface area contributed by atoms with Gasteiger partial charge in [-0.05, 0) is 35.5 Å². The number of carbonyl (C=O) groups is 1. The van der Waals surface area contributed by atoms with Crippen LogP contribution in [-0.4, -0.2) is 52.7 Å². The number of amides is 2. The standard InChI is InChI=1S/C21H16F3N11O/c1-2-26-21(36)31-20-29-12-6-9(11(23)7-13(12)30-20)14-8-27-18(25)17(28-14)19-32-33-34-35(19)15-5-3-4-10(22)16(15)24/h3-8H,2H2,1H3,(H2,25,27)(H3,26,29,30,31,36). The molecule has 12 nitrogen and oxygen atoms in total. The van der Waals surface area contributed by atoms with Crippen molar-refractivity contribution in [3.8, 4) is 28.5 Å². The second kappa shape index (κ2) is 8.94. The lowest BCUT2D eigenvalue weighted by atomic mass is 10.1. The summed E-state index contributed by atoms with van der Waals surface area (Å²) in [4.78, 5) is 27.2. The Labute approximate surface area is 199 Å². The number of halogens is 3. The number of aromatic nitrogens is 8. The molecule has 0 radical (unpaired) electrons. The van der Waals surface area contributed by atoms with Crippen LogP contribution in [0.25, 0.3) is 39.5 Å². The SMILES string of the molecule is CCNC(=O)Nc1nc2cc(-c3cnc(N)c(-c4nnnn4-c4cccc(F)c4F)n3)c(F)cc2[nH]1. The first-order valence-corrected chi connectivity index (χ1v) is 10.5. The first-order chi connectivity index (χ1) is 17.4. The van der Waals surface area contributed by atoms with Gasteiger partial charge in [-0.3, -0.25) is 5.32 Å². The average molecular weight is 495 g/mol. The summed E-state index contributed by atoms with van der Waals surface area (Å²) in [6.07, 6.45) is 1.24. The minimum absolute atomic E-state index is 0.0169. The van der Waals surface area contributed by atoms with Crippen LogP contribution in [0, 0.1) is 17.5 Å². The van der Waals surface area contributed by atoms with E-state index in [1.165, 1.54) is 30.5 Å². The molecule has 0 aliphatic rings. The third kappa shape index (κ3) is 4.02. The summed E-state index contributed by atoms with van der Waals surface area (Å²) in [5.74, 6) is -3.09. The maximum atomic E-state index is 15.0. The molecule has 0 aliphatic carbocycles. The van der Waals surface area contributed by atoms with E-state index >= 15 is 4.39 Å². The van der Waals surface area contributed by atoms with Gasteiger partial charge in [0.1, 0.15) is 11.5 Å². The number of fused-ring (bicyclic) bond motifs is 1. The number of rotatable bonds is 5. The van der Waals surface area contributed by atoms with E-state index in [0.717, 1.165) is 10.7 Å². The number of imidazole rings is 1. The lowest BCUT2D eigenvalue weighted by Crippen LogP contribution is -2.28. The average Bonchev–Trinajstić information content (AvgIpc) is 3.47. The molecule has 0 saturated heterocycles. The molecule has 0 atom stereocenters. The topological polar surface area (TPSA) is 165 Å². The zero-order valence-electron chi connectivity index (χ0n) is 18.4. The van der Waals surface area contributed by atoms with Crippen LogP contribution >= 0.6 is 0 Å². The van der Waals surface area contributed by atoms with Gasteiger partial charge in [-0.15, -0.1) is 5.10 Å². The zero-order chi connectivity index (χ0) is 25.4. The van der Waals surface area contributed by atoms with Crippen LogP contribution in [0.2, 0.25) is 0 Å². The van der Waals surface area contributed by atoms with Crippen LogP contribution < -0.4 is 16.4 Å². The van der Waals surface area contributed by atoms with E-state index in [1.54, 1.807) is 6.92 Å². The number of H-pyrrole nitrogens is 1. The molecule has 2 aromatic carbocycles. The molecule has 0 unspecified atom stereocenters. The first kappa shape index (κ1) is 22.7. The monoisotopic (exact) mass is 495 g/mol. The largest absolute Gasteiger partial charge is 0.382 e. The predicted molar refractivity (Wildman–Crippen MR) is 122 cm³/mol. The number of nitrogen functional groups attached to an aromatic ring is 1. The molecular formula is C21H16F3N11O. The summed E-state index contributed by atoms with van der Waals surface area (Å²) in [5.41, 5.74) is 6.34. The van der Waals surface area contributed by atoms with Crippen LogP contribution in [0.15, 0.2) is 36.5 Å². The Kier molecular flexibility index (Phi) is 5.63. The van der Waals surface area contributed by atoms with Gasteiger partial charge >= 0.3 is 6.03 Å². The molecule has 182 valence electrons. The highest BCUT2D eigenvalue weighted by atomic mass is 19.2. The minimum atomic E-state index is -1.18. The Bertz CT molecular complexity index is 1610. The van der Waals surface area contributed by atoms with E-state index in [1.807, 2.05) is 0 Å². The number of hydrogen-bond donors (Lipinski definition) is 4. The smallest absolute Gasteiger partial charge is 0.321 e. The highest BCUT2D eigenvalue weighted by Crippen LogP contribution is 2.30. The molecular weight excluding hydrogens is 479 g/mol. The van der Waals surface area contributed by atoms with Crippen LogP contribution in [0.1, 0.15) is 6.92 Å². The Morgan fingerprint density at radius 1 is 1.17 bits per heavy atom. The number of anilines is 2. The van der Waals surface area contributed by atoms with Crippen molar-refractivity contribution in [2.24, 2.45) is 0 Å². The number of hydrogen-bond acceptors (Lipinski definition) is 8. The van der Waals surface area contributed by atoms with Gasteiger partial charge in [-0.1, -0.05) is 6.07 Å².